The van der Waals surface area contributed by atoms with Crippen molar-refractivity contribution in [3.8, 4) is 5.75 Å². The number of hydrogen-bond donors (Lipinski definition) is 0. The summed E-state index contributed by atoms with van der Waals surface area (Å²) in [7, 11) is 1.61. The zero-order valence-electron chi connectivity index (χ0n) is 7.73. The molecule has 0 spiro atoms. The number of fused-ring (bicyclic) bond motifs is 1. The van der Waals surface area contributed by atoms with Crippen molar-refractivity contribution < 1.29 is 4.74 Å². The molecule has 0 saturated carbocycles. The standard InChI is InChI=1S/C11H9NO2/c1-14-11-7-6-10(12-13)8-4-2-3-5-9(8)11/h2-7H,1H3. The van der Waals surface area contributed by atoms with E-state index in [1.165, 1.54) is 0 Å². The lowest BCUT2D eigenvalue weighted by Crippen LogP contribution is -1.84. The first kappa shape index (κ1) is 8.69. The molecule has 0 aliphatic heterocycles. The molecular weight excluding hydrogens is 178 g/mol. The highest BCUT2D eigenvalue weighted by molar-refractivity contribution is 5.96. The Morgan fingerprint density at radius 3 is 2.43 bits per heavy atom. The summed E-state index contributed by atoms with van der Waals surface area (Å²) in [6, 6.07) is 10.9. The molecule has 0 heterocycles. The van der Waals surface area contributed by atoms with Crippen molar-refractivity contribution >= 4 is 16.5 Å². The molecule has 2 rings (SSSR count). The van der Waals surface area contributed by atoms with Gasteiger partial charge >= 0.3 is 0 Å². The zero-order valence-corrected chi connectivity index (χ0v) is 7.73. The summed E-state index contributed by atoms with van der Waals surface area (Å²) in [5.41, 5.74) is 0.446. The molecule has 0 saturated heterocycles. The van der Waals surface area contributed by atoms with Crippen LogP contribution in [0.15, 0.2) is 41.6 Å². The van der Waals surface area contributed by atoms with Crippen LogP contribution in [-0.2, 0) is 0 Å². The van der Waals surface area contributed by atoms with Gasteiger partial charge in [0.15, 0.2) is 0 Å². The Hall–Kier alpha value is -1.90. The summed E-state index contributed by atoms with van der Waals surface area (Å²) in [4.78, 5) is 10.5. The van der Waals surface area contributed by atoms with Crippen molar-refractivity contribution in [2.75, 3.05) is 7.11 Å². The maximum atomic E-state index is 10.5. The quantitative estimate of drug-likeness (QED) is 0.677. The van der Waals surface area contributed by atoms with Gasteiger partial charge in [-0.3, -0.25) is 0 Å². The van der Waals surface area contributed by atoms with E-state index in [4.69, 9.17) is 4.74 Å². The third kappa shape index (κ3) is 1.23. The molecule has 0 atom stereocenters. The molecule has 0 amide bonds. The van der Waals surface area contributed by atoms with E-state index < -0.39 is 0 Å². The molecule has 0 aliphatic carbocycles. The lowest BCUT2D eigenvalue weighted by Gasteiger charge is -2.05. The van der Waals surface area contributed by atoms with Crippen LogP contribution in [-0.4, -0.2) is 7.11 Å². The van der Waals surface area contributed by atoms with Gasteiger partial charge in [0.1, 0.15) is 11.4 Å². The fraction of sp³-hybridized carbons (Fsp3) is 0.0909. The van der Waals surface area contributed by atoms with Crippen LogP contribution in [0.5, 0.6) is 5.75 Å². The normalized spacial score (nSPS) is 10.1. The zero-order chi connectivity index (χ0) is 9.97. The van der Waals surface area contributed by atoms with Gasteiger partial charge in [-0.1, -0.05) is 24.3 Å². The van der Waals surface area contributed by atoms with Crippen LogP contribution < -0.4 is 4.74 Å². The van der Waals surface area contributed by atoms with Crippen molar-refractivity contribution in [1.29, 1.82) is 0 Å². The van der Waals surface area contributed by atoms with Crippen LogP contribution in [0, 0.1) is 4.91 Å². The van der Waals surface area contributed by atoms with Crippen LogP contribution in [0.4, 0.5) is 5.69 Å². The third-order valence-corrected chi connectivity index (χ3v) is 2.18. The van der Waals surface area contributed by atoms with Crippen LogP contribution >= 0.6 is 0 Å². The second kappa shape index (κ2) is 3.46. The summed E-state index contributed by atoms with van der Waals surface area (Å²) in [5.74, 6) is 0.757. The number of benzene rings is 2. The molecule has 0 N–H and O–H groups in total. The second-order valence-corrected chi connectivity index (χ2v) is 2.92. The average molecular weight is 187 g/mol. The van der Waals surface area contributed by atoms with E-state index >= 15 is 0 Å². The van der Waals surface area contributed by atoms with Gasteiger partial charge in [-0.2, -0.15) is 0 Å². The van der Waals surface area contributed by atoms with Gasteiger partial charge in [-0.25, -0.2) is 0 Å². The lowest BCUT2D eigenvalue weighted by molar-refractivity contribution is 0.420. The Morgan fingerprint density at radius 1 is 1.07 bits per heavy atom. The fourth-order valence-corrected chi connectivity index (χ4v) is 1.51. The molecule has 2 aromatic carbocycles. The van der Waals surface area contributed by atoms with Gasteiger partial charge in [-0.15, -0.1) is 4.91 Å². The summed E-state index contributed by atoms with van der Waals surface area (Å²) in [6.07, 6.45) is 0. The number of ether oxygens (including phenoxy) is 1. The highest BCUT2D eigenvalue weighted by atomic mass is 16.5. The van der Waals surface area contributed by atoms with Crippen molar-refractivity contribution in [1.82, 2.24) is 0 Å². The molecule has 0 aromatic heterocycles. The second-order valence-electron chi connectivity index (χ2n) is 2.92. The van der Waals surface area contributed by atoms with E-state index in [0.29, 0.717) is 5.69 Å². The molecule has 3 heteroatoms. The first-order valence-corrected chi connectivity index (χ1v) is 4.26. The predicted molar refractivity (Wildman–Crippen MR) is 56.0 cm³/mol. The molecule has 70 valence electrons. The molecule has 14 heavy (non-hydrogen) atoms. The SMILES string of the molecule is COc1ccc(N=O)c2ccccc12. The minimum Gasteiger partial charge on any atom is -0.496 e. The molecule has 0 aliphatic rings. The number of methoxy groups -OCH3 is 1. The molecule has 0 radical (unpaired) electrons. The van der Waals surface area contributed by atoms with Crippen molar-refractivity contribution in [2.45, 2.75) is 0 Å². The smallest absolute Gasteiger partial charge is 0.126 e. The number of rotatable bonds is 2. The highest BCUT2D eigenvalue weighted by Crippen LogP contribution is 2.32. The average Bonchev–Trinajstić information content (AvgIpc) is 2.27. The van der Waals surface area contributed by atoms with Crippen LogP contribution in [0.25, 0.3) is 10.8 Å². The number of nitrogens with zero attached hydrogens (tertiary/aromatic N) is 1. The molecule has 3 nitrogen and oxygen atoms in total. The Balaban J connectivity index is 2.84. The van der Waals surface area contributed by atoms with Crippen LogP contribution in [0.1, 0.15) is 0 Å². The number of nitroso groups, excluding NO2 is 1. The summed E-state index contributed by atoms with van der Waals surface area (Å²) in [6.45, 7) is 0. The molecule has 0 unspecified atom stereocenters. The maximum Gasteiger partial charge on any atom is 0.126 e. The largest absolute Gasteiger partial charge is 0.496 e. The van der Waals surface area contributed by atoms with Gasteiger partial charge in [0, 0.05) is 10.8 Å². The van der Waals surface area contributed by atoms with E-state index in [9.17, 15) is 4.91 Å². The predicted octanol–water partition coefficient (Wildman–Crippen LogP) is 3.25. The van der Waals surface area contributed by atoms with E-state index in [-0.39, 0.29) is 0 Å². The van der Waals surface area contributed by atoms with Gasteiger partial charge < -0.3 is 4.74 Å². The van der Waals surface area contributed by atoms with Gasteiger partial charge in [0.25, 0.3) is 0 Å². The summed E-state index contributed by atoms with van der Waals surface area (Å²) in [5, 5.41) is 4.70. The van der Waals surface area contributed by atoms with E-state index in [2.05, 4.69) is 5.18 Å². The Labute approximate surface area is 81.3 Å². The van der Waals surface area contributed by atoms with Gasteiger partial charge in [-0.05, 0) is 17.3 Å². The highest BCUT2D eigenvalue weighted by Gasteiger charge is 2.05. The minimum absolute atomic E-state index is 0.446. The topological polar surface area (TPSA) is 38.7 Å². The summed E-state index contributed by atoms with van der Waals surface area (Å²) >= 11 is 0. The van der Waals surface area contributed by atoms with Gasteiger partial charge in [0.2, 0.25) is 0 Å². The summed E-state index contributed by atoms with van der Waals surface area (Å²) < 4.78 is 5.18. The first-order chi connectivity index (χ1) is 6.86. The maximum absolute atomic E-state index is 10.5. The lowest BCUT2D eigenvalue weighted by atomic mass is 10.1. The fourth-order valence-electron chi connectivity index (χ4n) is 1.51. The molecule has 0 bridgehead atoms. The van der Waals surface area contributed by atoms with Crippen molar-refractivity contribution in [3.63, 3.8) is 0 Å². The minimum atomic E-state index is 0.446. The Bertz CT molecular complexity index is 480. The molecule has 0 fully saturated rings. The van der Waals surface area contributed by atoms with Crippen molar-refractivity contribution in [3.05, 3.63) is 41.3 Å². The van der Waals surface area contributed by atoms with Crippen LogP contribution in [0.3, 0.4) is 0 Å². The van der Waals surface area contributed by atoms with Crippen LogP contribution in [0.2, 0.25) is 0 Å². The van der Waals surface area contributed by atoms with E-state index in [0.717, 1.165) is 16.5 Å². The first-order valence-electron chi connectivity index (χ1n) is 4.26. The third-order valence-electron chi connectivity index (χ3n) is 2.18. The van der Waals surface area contributed by atoms with Crippen molar-refractivity contribution in [2.24, 2.45) is 5.18 Å². The van der Waals surface area contributed by atoms with Gasteiger partial charge in [0.05, 0.1) is 7.11 Å². The molecular formula is C11H9NO2. The van der Waals surface area contributed by atoms with E-state index in [1.54, 1.807) is 19.2 Å². The van der Waals surface area contributed by atoms with E-state index in [1.807, 2.05) is 24.3 Å². The Kier molecular flexibility index (Phi) is 2.14. The number of hydrogen-bond acceptors (Lipinski definition) is 3. The monoisotopic (exact) mass is 187 g/mol. The Morgan fingerprint density at radius 2 is 1.79 bits per heavy atom. The molecule has 2 aromatic rings.